The van der Waals surface area contributed by atoms with Crippen LogP contribution in [0.2, 0.25) is 0 Å². The van der Waals surface area contributed by atoms with E-state index in [1.54, 1.807) is 11.0 Å². The number of hydrogen-bond acceptors (Lipinski definition) is 3. The molecule has 1 unspecified atom stereocenters. The number of furan rings is 1. The number of hydrogen-bond donors (Lipinski definition) is 1. The molecule has 3 aromatic rings. The first-order valence-corrected chi connectivity index (χ1v) is 9.72. The molecule has 2 heterocycles. The van der Waals surface area contributed by atoms with Crippen LogP contribution in [0.4, 0.5) is 0 Å². The van der Waals surface area contributed by atoms with Gasteiger partial charge >= 0.3 is 0 Å². The number of carbonyl (C=O) groups excluding carboxylic acids is 2. The normalized spacial score (nSPS) is 16.1. The van der Waals surface area contributed by atoms with E-state index in [1.807, 2.05) is 19.1 Å². The predicted molar refractivity (Wildman–Crippen MR) is 108 cm³/mol. The van der Waals surface area contributed by atoms with Crippen LogP contribution in [0, 0.1) is 5.92 Å². The summed E-state index contributed by atoms with van der Waals surface area (Å²) in [4.78, 5) is 26.9. The van der Waals surface area contributed by atoms with Crippen LogP contribution in [0.5, 0.6) is 0 Å². The quantitative estimate of drug-likeness (QED) is 0.744. The second-order valence-electron chi connectivity index (χ2n) is 7.42. The molecular formula is C23H24N2O3. The summed E-state index contributed by atoms with van der Waals surface area (Å²) in [6.07, 6.45) is 4.33. The lowest BCUT2D eigenvalue weighted by Crippen LogP contribution is -2.43. The minimum Gasteiger partial charge on any atom is -0.472 e. The van der Waals surface area contributed by atoms with Crippen molar-refractivity contribution in [1.29, 1.82) is 0 Å². The highest BCUT2D eigenvalue weighted by atomic mass is 16.3. The maximum atomic E-state index is 12.7. The van der Waals surface area contributed by atoms with Crippen LogP contribution in [0.3, 0.4) is 0 Å². The second kappa shape index (κ2) is 7.89. The van der Waals surface area contributed by atoms with Gasteiger partial charge in [0.2, 0.25) is 5.91 Å². The van der Waals surface area contributed by atoms with Gasteiger partial charge in [-0.3, -0.25) is 9.59 Å². The number of piperidine rings is 1. The Hall–Kier alpha value is -3.08. The molecule has 1 atom stereocenters. The first kappa shape index (κ1) is 18.3. The van der Waals surface area contributed by atoms with Gasteiger partial charge in [0.1, 0.15) is 6.26 Å². The molecule has 1 aliphatic heterocycles. The molecule has 1 N–H and O–H groups in total. The minimum absolute atomic E-state index is 0.0304. The Balaban J connectivity index is 1.34. The van der Waals surface area contributed by atoms with Gasteiger partial charge in [-0.1, -0.05) is 36.4 Å². The van der Waals surface area contributed by atoms with Gasteiger partial charge in [0.05, 0.1) is 17.9 Å². The Kier molecular flexibility index (Phi) is 5.15. The van der Waals surface area contributed by atoms with Crippen molar-refractivity contribution in [2.75, 3.05) is 13.1 Å². The van der Waals surface area contributed by atoms with Crippen molar-refractivity contribution < 1.29 is 14.0 Å². The van der Waals surface area contributed by atoms with Crippen LogP contribution in [0.15, 0.2) is 65.5 Å². The summed E-state index contributed by atoms with van der Waals surface area (Å²) in [6.45, 7) is 3.19. The lowest BCUT2D eigenvalue weighted by atomic mass is 9.94. The maximum absolute atomic E-state index is 12.7. The molecule has 1 aromatic heterocycles. The van der Waals surface area contributed by atoms with Crippen LogP contribution in [0.25, 0.3) is 10.8 Å². The highest BCUT2D eigenvalue weighted by Gasteiger charge is 2.28. The molecule has 144 valence electrons. The fourth-order valence-electron chi connectivity index (χ4n) is 3.81. The molecule has 0 aliphatic carbocycles. The Labute approximate surface area is 164 Å². The van der Waals surface area contributed by atoms with E-state index in [-0.39, 0.29) is 23.8 Å². The Morgan fingerprint density at radius 3 is 2.54 bits per heavy atom. The molecule has 0 spiro atoms. The first-order valence-electron chi connectivity index (χ1n) is 9.72. The molecule has 1 saturated heterocycles. The molecule has 0 saturated carbocycles. The summed E-state index contributed by atoms with van der Waals surface area (Å²) in [7, 11) is 0. The van der Waals surface area contributed by atoms with Crippen LogP contribution >= 0.6 is 0 Å². The number of benzene rings is 2. The average molecular weight is 376 g/mol. The molecule has 28 heavy (non-hydrogen) atoms. The van der Waals surface area contributed by atoms with Crippen molar-refractivity contribution in [2.24, 2.45) is 5.92 Å². The summed E-state index contributed by atoms with van der Waals surface area (Å²) >= 11 is 0. The van der Waals surface area contributed by atoms with Gasteiger partial charge in [-0.2, -0.15) is 0 Å². The van der Waals surface area contributed by atoms with Crippen LogP contribution in [0.1, 0.15) is 41.7 Å². The summed E-state index contributed by atoms with van der Waals surface area (Å²) in [5.74, 6) is -0.0236. The summed E-state index contributed by atoms with van der Waals surface area (Å²) in [5.41, 5.74) is 1.66. The van der Waals surface area contributed by atoms with E-state index >= 15 is 0 Å². The van der Waals surface area contributed by atoms with Crippen molar-refractivity contribution in [3.63, 3.8) is 0 Å². The maximum Gasteiger partial charge on any atom is 0.257 e. The van der Waals surface area contributed by atoms with Gasteiger partial charge in [-0.15, -0.1) is 0 Å². The van der Waals surface area contributed by atoms with Gasteiger partial charge in [0, 0.05) is 19.0 Å². The number of rotatable bonds is 4. The molecule has 0 bridgehead atoms. The van der Waals surface area contributed by atoms with E-state index < -0.39 is 0 Å². The zero-order valence-corrected chi connectivity index (χ0v) is 15.9. The van der Waals surface area contributed by atoms with E-state index in [0.29, 0.717) is 31.5 Å². The third-order valence-corrected chi connectivity index (χ3v) is 5.55. The zero-order chi connectivity index (χ0) is 19.5. The van der Waals surface area contributed by atoms with Crippen molar-refractivity contribution in [3.05, 3.63) is 72.2 Å². The number of nitrogens with one attached hydrogen (secondary N) is 1. The number of carbonyl (C=O) groups is 2. The van der Waals surface area contributed by atoms with E-state index in [9.17, 15) is 9.59 Å². The summed E-state index contributed by atoms with van der Waals surface area (Å²) in [5, 5.41) is 5.51. The van der Waals surface area contributed by atoms with Gasteiger partial charge in [-0.25, -0.2) is 0 Å². The molecule has 0 radical (unpaired) electrons. The highest BCUT2D eigenvalue weighted by Crippen LogP contribution is 2.23. The molecule has 2 amide bonds. The molecule has 4 rings (SSSR count). The van der Waals surface area contributed by atoms with Gasteiger partial charge in [0.15, 0.2) is 0 Å². The molecule has 1 aliphatic rings. The van der Waals surface area contributed by atoms with Crippen molar-refractivity contribution >= 4 is 22.6 Å². The lowest BCUT2D eigenvalue weighted by Gasteiger charge is -2.31. The minimum atomic E-state index is -0.0590. The molecule has 1 fully saturated rings. The molecule has 5 nitrogen and oxygen atoms in total. The van der Waals surface area contributed by atoms with Crippen molar-refractivity contribution in [1.82, 2.24) is 10.2 Å². The molecule has 5 heteroatoms. The topological polar surface area (TPSA) is 62.6 Å². The first-order chi connectivity index (χ1) is 13.6. The SMILES string of the molecule is CC(NC(=O)C1CCN(C(=O)c2ccoc2)CC1)c1ccc2ccccc2c1. The Bertz CT molecular complexity index is 972. The van der Waals surface area contributed by atoms with Crippen molar-refractivity contribution in [2.45, 2.75) is 25.8 Å². The Morgan fingerprint density at radius 2 is 1.82 bits per heavy atom. The Morgan fingerprint density at radius 1 is 1.07 bits per heavy atom. The number of fused-ring (bicyclic) bond motifs is 1. The lowest BCUT2D eigenvalue weighted by molar-refractivity contribution is -0.126. The van der Waals surface area contributed by atoms with Gasteiger partial charge in [-0.05, 0) is 48.2 Å². The predicted octanol–water partition coefficient (Wildman–Crippen LogP) is 4.16. The monoisotopic (exact) mass is 376 g/mol. The third-order valence-electron chi connectivity index (χ3n) is 5.55. The average Bonchev–Trinajstić information content (AvgIpc) is 3.28. The summed E-state index contributed by atoms with van der Waals surface area (Å²) in [6, 6.07) is 16.1. The van der Waals surface area contributed by atoms with E-state index in [2.05, 4.69) is 35.6 Å². The van der Waals surface area contributed by atoms with E-state index in [0.717, 1.165) is 5.56 Å². The molecule has 2 aromatic carbocycles. The summed E-state index contributed by atoms with van der Waals surface area (Å²) < 4.78 is 4.99. The van der Waals surface area contributed by atoms with E-state index in [1.165, 1.54) is 23.3 Å². The van der Waals surface area contributed by atoms with Crippen molar-refractivity contribution in [3.8, 4) is 0 Å². The van der Waals surface area contributed by atoms with Crippen LogP contribution < -0.4 is 5.32 Å². The largest absolute Gasteiger partial charge is 0.472 e. The standard InChI is InChI=1S/C23H24N2O3/c1-16(19-7-6-17-4-2-3-5-20(17)14-19)24-22(26)18-8-11-25(12-9-18)23(27)21-10-13-28-15-21/h2-7,10,13-16,18H,8-9,11-12H2,1H3,(H,24,26). The second-order valence-corrected chi connectivity index (χ2v) is 7.42. The fraction of sp³-hybridized carbons (Fsp3) is 0.304. The molecular weight excluding hydrogens is 352 g/mol. The highest BCUT2D eigenvalue weighted by molar-refractivity contribution is 5.94. The van der Waals surface area contributed by atoms with Crippen LogP contribution in [-0.4, -0.2) is 29.8 Å². The van der Waals surface area contributed by atoms with E-state index in [4.69, 9.17) is 4.42 Å². The zero-order valence-electron chi connectivity index (χ0n) is 15.9. The van der Waals surface area contributed by atoms with Gasteiger partial charge in [0.25, 0.3) is 5.91 Å². The number of likely N-dealkylation sites (tertiary alicyclic amines) is 1. The van der Waals surface area contributed by atoms with Gasteiger partial charge < -0.3 is 14.6 Å². The number of nitrogens with zero attached hydrogens (tertiary/aromatic N) is 1. The van der Waals surface area contributed by atoms with Crippen LogP contribution in [-0.2, 0) is 4.79 Å². The smallest absolute Gasteiger partial charge is 0.257 e. The fourth-order valence-corrected chi connectivity index (χ4v) is 3.81. The third kappa shape index (κ3) is 3.79. The number of amides is 2.